The minimum absolute atomic E-state index is 0.332. The quantitative estimate of drug-likeness (QED) is 0.761. The molecule has 102 valence electrons. The lowest BCUT2D eigenvalue weighted by Gasteiger charge is -2.22. The van der Waals surface area contributed by atoms with E-state index >= 15 is 0 Å². The van der Waals surface area contributed by atoms with Gasteiger partial charge < -0.3 is 10.0 Å². The van der Waals surface area contributed by atoms with Gasteiger partial charge in [-0.2, -0.15) is 0 Å². The molecule has 0 bridgehead atoms. The Hall–Kier alpha value is -0.860. The predicted molar refractivity (Wildman–Crippen MR) is 77.8 cm³/mol. The molecule has 0 heterocycles. The molecule has 2 nitrogen and oxygen atoms in total. The van der Waals surface area contributed by atoms with E-state index in [1.807, 2.05) is 18.2 Å². The molecule has 0 aliphatic heterocycles. The van der Waals surface area contributed by atoms with Crippen LogP contribution >= 0.6 is 0 Å². The third kappa shape index (κ3) is 4.79. The lowest BCUT2D eigenvalue weighted by atomic mass is 10.0. The third-order valence-electron chi connectivity index (χ3n) is 3.54. The Kier molecular flexibility index (Phi) is 6.99. The van der Waals surface area contributed by atoms with E-state index in [9.17, 15) is 5.11 Å². The number of hydrogen-bond acceptors (Lipinski definition) is 2. The first kappa shape index (κ1) is 15.2. The number of unbranched alkanes of at least 4 members (excludes halogenated alkanes) is 1. The van der Waals surface area contributed by atoms with E-state index in [1.165, 1.54) is 18.4 Å². The summed E-state index contributed by atoms with van der Waals surface area (Å²) in [6.45, 7) is 9.67. The normalized spacial score (nSPS) is 12.9. The monoisotopic (exact) mass is 249 g/mol. The van der Waals surface area contributed by atoms with Gasteiger partial charge in [-0.1, -0.05) is 44.5 Å². The first-order valence-corrected chi connectivity index (χ1v) is 7.15. The van der Waals surface area contributed by atoms with E-state index in [4.69, 9.17) is 0 Å². The van der Waals surface area contributed by atoms with E-state index < -0.39 is 0 Å². The Bertz CT molecular complexity index is 338. The molecule has 1 unspecified atom stereocenters. The van der Waals surface area contributed by atoms with Gasteiger partial charge >= 0.3 is 0 Å². The number of aryl methyl sites for hydroxylation is 1. The highest BCUT2D eigenvalue weighted by Crippen LogP contribution is 2.20. The molecule has 0 amide bonds. The van der Waals surface area contributed by atoms with Gasteiger partial charge in [-0.05, 0) is 44.0 Å². The van der Waals surface area contributed by atoms with Gasteiger partial charge in [-0.25, -0.2) is 0 Å². The average molecular weight is 249 g/mol. The summed E-state index contributed by atoms with van der Waals surface area (Å²) < 4.78 is 0. The van der Waals surface area contributed by atoms with E-state index in [1.54, 1.807) is 0 Å². The molecule has 1 rings (SSSR count). The molecule has 0 fully saturated rings. The molecule has 0 aliphatic rings. The van der Waals surface area contributed by atoms with Crippen LogP contribution in [0.2, 0.25) is 0 Å². The van der Waals surface area contributed by atoms with Crippen LogP contribution in [0.5, 0.6) is 0 Å². The van der Waals surface area contributed by atoms with Crippen molar-refractivity contribution in [2.45, 2.75) is 46.1 Å². The van der Waals surface area contributed by atoms with Crippen LogP contribution in [-0.2, 0) is 0 Å². The largest absolute Gasteiger partial charge is 0.388 e. The second-order valence-corrected chi connectivity index (χ2v) is 4.95. The first-order valence-electron chi connectivity index (χ1n) is 7.15. The van der Waals surface area contributed by atoms with Crippen molar-refractivity contribution >= 4 is 0 Å². The zero-order valence-electron chi connectivity index (χ0n) is 12.0. The van der Waals surface area contributed by atoms with Crippen molar-refractivity contribution in [1.82, 2.24) is 4.90 Å². The van der Waals surface area contributed by atoms with Gasteiger partial charge in [0.15, 0.2) is 0 Å². The molecule has 0 saturated heterocycles. The molecule has 0 radical (unpaired) electrons. The average Bonchev–Trinajstić information content (AvgIpc) is 2.39. The van der Waals surface area contributed by atoms with Crippen molar-refractivity contribution in [3.05, 3.63) is 35.4 Å². The molecule has 0 aliphatic carbocycles. The van der Waals surface area contributed by atoms with Crippen molar-refractivity contribution in [3.63, 3.8) is 0 Å². The van der Waals surface area contributed by atoms with Gasteiger partial charge in [0.2, 0.25) is 0 Å². The van der Waals surface area contributed by atoms with Gasteiger partial charge in [-0.15, -0.1) is 0 Å². The summed E-state index contributed by atoms with van der Waals surface area (Å²) in [5.74, 6) is 0. The highest BCUT2D eigenvalue weighted by Gasteiger charge is 2.11. The fraction of sp³-hybridized carbons (Fsp3) is 0.625. The molecule has 0 aromatic heterocycles. The van der Waals surface area contributed by atoms with Crippen LogP contribution < -0.4 is 0 Å². The summed E-state index contributed by atoms with van der Waals surface area (Å²) in [4.78, 5) is 2.42. The predicted octanol–water partition coefficient (Wildman–Crippen LogP) is 3.54. The fourth-order valence-corrected chi connectivity index (χ4v) is 2.23. The van der Waals surface area contributed by atoms with Crippen LogP contribution in [0.15, 0.2) is 24.3 Å². The number of nitrogens with zero attached hydrogens (tertiary/aromatic N) is 1. The van der Waals surface area contributed by atoms with E-state index in [0.29, 0.717) is 0 Å². The van der Waals surface area contributed by atoms with Crippen molar-refractivity contribution < 1.29 is 5.11 Å². The zero-order valence-corrected chi connectivity index (χ0v) is 12.0. The van der Waals surface area contributed by atoms with Crippen LogP contribution in [0.4, 0.5) is 0 Å². The highest BCUT2D eigenvalue weighted by atomic mass is 16.3. The third-order valence-corrected chi connectivity index (χ3v) is 3.54. The molecule has 1 atom stereocenters. The minimum Gasteiger partial charge on any atom is -0.388 e. The molecule has 0 spiro atoms. The maximum Gasteiger partial charge on any atom is 0.0804 e. The molecular weight excluding hydrogens is 222 g/mol. The maximum absolute atomic E-state index is 10.2. The Labute approximate surface area is 112 Å². The van der Waals surface area contributed by atoms with Gasteiger partial charge in [0.25, 0.3) is 0 Å². The van der Waals surface area contributed by atoms with Crippen molar-refractivity contribution in [2.75, 3.05) is 19.6 Å². The molecule has 1 aromatic rings. The summed E-state index contributed by atoms with van der Waals surface area (Å²) in [7, 11) is 0. The van der Waals surface area contributed by atoms with Crippen LogP contribution in [0, 0.1) is 6.92 Å². The van der Waals surface area contributed by atoms with Crippen LogP contribution in [0.3, 0.4) is 0 Å². The summed E-state index contributed by atoms with van der Waals surface area (Å²) in [6, 6.07) is 8.11. The lowest BCUT2D eigenvalue weighted by molar-refractivity contribution is 0.142. The SMILES string of the molecule is CCCCN(CC)CCC(O)c1ccccc1C. The number of rotatable bonds is 8. The standard InChI is InChI=1S/C16H27NO/c1-4-6-12-17(5-2)13-11-16(18)15-10-8-7-9-14(15)3/h7-10,16,18H,4-6,11-13H2,1-3H3. The van der Waals surface area contributed by atoms with E-state index in [0.717, 1.165) is 31.6 Å². The zero-order chi connectivity index (χ0) is 13.4. The van der Waals surface area contributed by atoms with Crippen molar-refractivity contribution in [1.29, 1.82) is 0 Å². The molecule has 2 heteroatoms. The summed E-state index contributed by atoms with van der Waals surface area (Å²) in [6.07, 6.45) is 2.97. The minimum atomic E-state index is -0.332. The van der Waals surface area contributed by atoms with Gasteiger partial charge in [0.1, 0.15) is 0 Å². The molecule has 18 heavy (non-hydrogen) atoms. The van der Waals surface area contributed by atoms with Crippen LogP contribution in [-0.4, -0.2) is 29.6 Å². The van der Waals surface area contributed by atoms with Crippen molar-refractivity contribution in [2.24, 2.45) is 0 Å². The number of hydrogen-bond donors (Lipinski definition) is 1. The first-order chi connectivity index (χ1) is 8.69. The van der Waals surface area contributed by atoms with Gasteiger partial charge in [-0.3, -0.25) is 0 Å². The summed E-state index contributed by atoms with van der Waals surface area (Å²) in [5, 5.41) is 10.2. The number of aliphatic hydroxyl groups excluding tert-OH is 1. The van der Waals surface area contributed by atoms with Crippen molar-refractivity contribution in [3.8, 4) is 0 Å². The summed E-state index contributed by atoms with van der Waals surface area (Å²) in [5.41, 5.74) is 2.26. The molecule has 1 aromatic carbocycles. The van der Waals surface area contributed by atoms with Gasteiger partial charge in [0, 0.05) is 6.54 Å². The molecule has 0 saturated carbocycles. The highest BCUT2D eigenvalue weighted by molar-refractivity contribution is 5.27. The Morgan fingerprint density at radius 2 is 1.89 bits per heavy atom. The van der Waals surface area contributed by atoms with E-state index in [2.05, 4.69) is 31.7 Å². The second-order valence-electron chi connectivity index (χ2n) is 4.95. The summed E-state index contributed by atoms with van der Waals surface area (Å²) >= 11 is 0. The van der Waals surface area contributed by atoms with Gasteiger partial charge in [0.05, 0.1) is 6.10 Å². The Balaban J connectivity index is 2.44. The fourth-order valence-electron chi connectivity index (χ4n) is 2.23. The second kappa shape index (κ2) is 8.28. The maximum atomic E-state index is 10.2. The van der Waals surface area contributed by atoms with Crippen LogP contribution in [0.1, 0.15) is 50.3 Å². The Morgan fingerprint density at radius 1 is 1.17 bits per heavy atom. The molecule has 1 N–H and O–H groups in total. The Morgan fingerprint density at radius 3 is 2.50 bits per heavy atom. The number of aliphatic hydroxyl groups is 1. The number of benzene rings is 1. The topological polar surface area (TPSA) is 23.5 Å². The lowest BCUT2D eigenvalue weighted by Crippen LogP contribution is -2.26. The van der Waals surface area contributed by atoms with Crippen LogP contribution in [0.25, 0.3) is 0 Å². The smallest absolute Gasteiger partial charge is 0.0804 e. The molecular formula is C16H27NO. The van der Waals surface area contributed by atoms with E-state index in [-0.39, 0.29) is 6.10 Å².